The molecule has 2 N–H and O–H groups in total. The average molecular weight is 257 g/mol. The third-order valence-corrected chi connectivity index (χ3v) is 3.60. The van der Waals surface area contributed by atoms with Gasteiger partial charge in [0.1, 0.15) is 12.4 Å². The average Bonchev–Trinajstić information content (AvgIpc) is 3.22. The van der Waals surface area contributed by atoms with Gasteiger partial charge in [0, 0.05) is 29.9 Å². The van der Waals surface area contributed by atoms with Gasteiger partial charge in [-0.3, -0.25) is 4.98 Å². The fraction of sp³-hybridized carbons (Fsp3) is 0.400. The first kappa shape index (κ1) is 12.2. The Labute approximate surface area is 113 Å². The highest BCUT2D eigenvalue weighted by Crippen LogP contribution is 2.26. The summed E-state index contributed by atoms with van der Waals surface area (Å²) in [6.45, 7) is 1.67. The summed E-state index contributed by atoms with van der Waals surface area (Å²) in [5.74, 6) is 0.884. The van der Waals surface area contributed by atoms with Crippen LogP contribution in [0.1, 0.15) is 12.8 Å². The molecule has 0 radical (unpaired) electrons. The molecular formula is C15H19N3O. The lowest BCUT2D eigenvalue weighted by Crippen LogP contribution is -2.26. The highest BCUT2D eigenvalue weighted by Gasteiger charge is 2.25. The minimum atomic E-state index is 0.705. The zero-order chi connectivity index (χ0) is 13.2. The molecular weight excluding hydrogens is 238 g/mol. The van der Waals surface area contributed by atoms with Crippen molar-refractivity contribution >= 4 is 16.6 Å². The van der Waals surface area contributed by atoms with Crippen LogP contribution < -0.4 is 10.5 Å². The van der Waals surface area contributed by atoms with Gasteiger partial charge in [-0.2, -0.15) is 0 Å². The van der Waals surface area contributed by atoms with E-state index < -0.39 is 0 Å². The van der Waals surface area contributed by atoms with Crippen LogP contribution in [0.2, 0.25) is 0 Å². The van der Waals surface area contributed by atoms with Crippen LogP contribution in [0.3, 0.4) is 0 Å². The van der Waals surface area contributed by atoms with Crippen LogP contribution in [0.25, 0.3) is 10.9 Å². The maximum atomic E-state index is 5.89. The summed E-state index contributed by atoms with van der Waals surface area (Å²) in [6.07, 6.45) is 4.42. The molecule has 1 aromatic heterocycles. The molecule has 1 aliphatic rings. The number of ether oxygens (including phenoxy) is 1. The first-order valence-electron chi connectivity index (χ1n) is 6.71. The molecule has 1 saturated carbocycles. The fourth-order valence-electron chi connectivity index (χ4n) is 2.26. The molecule has 1 aliphatic carbocycles. The van der Waals surface area contributed by atoms with Gasteiger partial charge >= 0.3 is 0 Å². The third kappa shape index (κ3) is 2.79. The van der Waals surface area contributed by atoms with E-state index in [1.54, 1.807) is 6.20 Å². The Kier molecular flexibility index (Phi) is 3.25. The van der Waals surface area contributed by atoms with E-state index in [0.717, 1.165) is 34.9 Å². The molecule has 1 heterocycles. The Morgan fingerprint density at radius 1 is 1.37 bits per heavy atom. The molecule has 3 rings (SSSR count). The zero-order valence-electron chi connectivity index (χ0n) is 11.2. The second kappa shape index (κ2) is 5.05. The van der Waals surface area contributed by atoms with Crippen LogP contribution in [0.5, 0.6) is 5.75 Å². The molecule has 0 spiro atoms. The second-order valence-electron chi connectivity index (χ2n) is 5.15. The molecule has 4 nitrogen and oxygen atoms in total. The van der Waals surface area contributed by atoms with Crippen LogP contribution in [-0.4, -0.2) is 36.1 Å². The number of hydrogen-bond acceptors (Lipinski definition) is 4. The Balaban J connectivity index is 1.69. The molecule has 0 atom stereocenters. The van der Waals surface area contributed by atoms with Crippen LogP contribution in [0.4, 0.5) is 5.69 Å². The van der Waals surface area contributed by atoms with Crippen LogP contribution in [0, 0.1) is 0 Å². The van der Waals surface area contributed by atoms with Crippen molar-refractivity contribution in [3.63, 3.8) is 0 Å². The number of anilines is 1. The summed E-state index contributed by atoms with van der Waals surface area (Å²) < 4.78 is 5.89. The second-order valence-corrected chi connectivity index (χ2v) is 5.15. The smallest absolute Gasteiger partial charge is 0.130 e. The predicted octanol–water partition coefficient (Wildman–Crippen LogP) is 2.29. The number of fused-ring (bicyclic) bond motifs is 1. The van der Waals surface area contributed by atoms with Crippen molar-refractivity contribution in [2.24, 2.45) is 0 Å². The van der Waals surface area contributed by atoms with Crippen molar-refractivity contribution in [3.8, 4) is 5.75 Å². The van der Waals surface area contributed by atoms with E-state index in [1.807, 2.05) is 24.3 Å². The molecule has 100 valence electrons. The van der Waals surface area contributed by atoms with Crippen molar-refractivity contribution in [1.82, 2.24) is 9.88 Å². The molecule has 2 aromatic rings. The number of aromatic nitrogens is 1. The van der Waals surface area contributed by atoms with Gasteiger partial charge in [-0.05, 0) is 44.2 Å². The number of hydrogen-bond donors (Lipinski definition) is 1. The van der Waals surface area contributed by atoms with Crippen molar-refractivity contribution in [2.75, 3.05) is 25.9 Å². The van der Waals surface area contributed by atoms with E-state index in [0.29, 0.717) is 6.61 Å². The van der Waals surface area contributed by atoms with E-state index >= 15 is 0 Å². The van der Waals surface area contributed by atoms with Gasteiger partial charge in [0.15, 0.2) is 0 Å². The lowest BCUT2D eigenvalue weighted by Gasteiger charge is -2.16. The molecule has 0 aliphatic heterocycles. The fourth-order valence-corrected chi connectivity index (χ4v) is 2.26. The van der Waals surface area contributed by atoms with Gasteiger partial charge in [-0.25, -0.2) is 0 Å². The van der Waals surface area contributed by atoms with Gasteiger partial charge < -0.3 is 15.4 Å². The first-order chi connectivity index (χ1) is 9.24. The van der Waals surface area contributed by atoms with Crippen molar-refractivity contribution in [2.45, 2.75) is 18.9 Å². The van der Waals surface area contributed by atoms with Crippen molar-refractivity contribution < 1.29 is 4.74 Å². The van der Waals surface area contributed by atoms with Gasteiger partial charge in [0.2, 0.25) is 0 Å². The maximum Gasteiger partial charge on any atom is 0.130 e. The topological polar surface area (TPSA) is 51.4 Å². The molecule has 0 saturated heterocycles. The van der Waals surface area contributed by atoms with Crippen molar-refractivity contribution in [3.05, 3.63) is 30.5 Å². The number of pyridine rings is 1. The molecule has 4 heteroatoms. The van der Waals surface area contributed by atoms with Crippen LogP contribution in [0.15, 0.2) is 30.5 Å². The number of likely N-dealkylation sites (N-methyl/N-ethyl adjacent to an activating group) is 1. The maximum absolute atomic E-state index is 5.89. The minimum Gasteiger partial charge on any atom is -0.491 e. The van der Waals surface area contributed by atoms with E-state index in [1.165, 1.54) is 12.8 Å². The van der Waals surface area contributed by atoms with Crippen molar-refractivity contribution in [1.29, 1.82) is 0 Å². The van der Waals surface area contributed by atoms with Gasteiger partial charge in [0.05, 0.1) is 5.52 Å². The summed E-state index contributed by atoms with van der Waals surface area (Å²) in [5, 5.41) is 1.02. The Hall–Kier alpha value is -1.81. The molecule has 0 bridgehead atoms. The van der Waals surface area contributed by atoms with E-state index in [2.05, 4.69) is 16.9 Å². The number of nitrogens with zero attached hydrogens (tertiary/aromatic N) is 2. The normalized spacial score (nSPS) is 15.1. The van der Waals surface area contributed by atoms with Crippen LogP contribution >= 0.6 is 0 Å². The molecule has 1 aromatic carbocycles. The molecule has 0 amide bonds. The highest BCUT2D eigenvalue weighted by molar-refractivity contribution is 5.87. The molecule has 0 unspecified atom stereocenters. The predicted molar refractivity (Wildman–Crippen MR) is 77.3 cm³/mol. The third-order valence-electron chi connectivity index (χ3n) is 3.60. The monoisotopic (exact) mass is 257 g/mol. The molecule has 19 heavy (non-hydrogen) atoms. The van der Waals surface area contributed by atoms with E-state index in [-0.39, 0.29) is 0 Å². The minimum absolute atomic E-state index is 0.705. The summed E-state index contributed by atoms with van der Waals surface area (Å²) in [5.41, 5.74) is 7.38. The van der Waals surface area contributed by atoms with E-state index in [4.69, 9.17) is 10.5 Å². The number of nitrogen functional groups attached to an aromatic ring is 1. The zero-order valence-corrected chi connectivity index (χ0v) is 11.2. The summed E-state index contributed by atoms with van der Waals surface area (Å²) in [4.78, 5) is 6.68. The number of nitrogens with two attached hydrogens (primary N) is 1. The molecule has 1 fully saturated rings. The quantitative estimate of drug-likeness (QED) is 0.835. The summed E-state index contributed by atoms with van der Waals surface area (Å²) in [6, 6.07) is 8.41. The SMILES string of the molecule is CN(CCOc1ccnc2cc(N)ccc12)C1CC1. The largest absolute Gasteiger partial charge is 0.491 e. The van der Waals surface area contributed by atoms with Gasteiger partial charge in [0.25, 0.3) is 0 Å². The standard InChI is InChI=1S/C15H19N3O/c1-18(12-3-4-12)8-9-19-15-6-7-17-14-10-11(16)2-5-13(14)15/h2,5-7,10,12H,3-4,8-9,16H2,1H3. The highest BCUT2D eigenvalue weighted by atomic mass is 16.5. The Morgan fingerprint density at radius 2 is 2.21 bits per heavy atom. The van der Waals surface area contributed by atoms with Crippen LogP contribution in [-0.2, 0) is 0 Å². The van der Waals surface area contributed by atoms with Gasteiger partial charge in [-0.1, -0.05) is 0 Å². The van der Waals surface area contributed by atoms with E-state index in [9.17, 15) is 0 Å². The Bertz CT molecular complexity index is 581. The van der Waals surface area contributed by atoms with Gasteiger partial charge in [-0.15, -0.1) is 0 Å². The summed E-state index contributed by atoms with van der Waals surface area (Å²) >= 11 is 0. The lowest BCUT2D eigenvalue weighted by atomic mass is 10.2. The number of rotatable bonds is 5. The first-order valence-corrected chi connectivity index (χ1v) is 6.71. The summed E-state index contributed by atoms with van der Waals surface area (Å²) in [7, 11) is 2.16. The lowest BCUT2D eigenvalue weighted by molar-refractivity contribution is 0.233. The number of benzene rings is 1. The Morgan fingerprint density at radius 3 is 3.00 bits per heavy atom.